The summed E-state index contributed by atoms with van der Waals surface area (Å²) < 4.78 is 5.58. The minimum atomic E-state index is 0.0988. The van der Waals surface area contributed by atoms with Crippen LogP contribution in [0.15, 0.2) is 46.3 Å². The standard InChI is InChI=1S/C22H23N3O2S/c1-14(26)20-10-15(13-28-20)11-21-23-22(24-27-21)17-12-19(16-6-3-2-4-7-16)25-9-5-8-18(17)25/h2-4,6-7,10,13,17-19H,5,8-9,11-12H2,1H3/t17-,18+,19-/m1/s1. The molecule has 0 amide bonds. The number of fused-ring (bicyclic) bond motifs is 1. The number of nitrogens with zero attached hydrogens (tertiary/aromatic N) is 3. The summed E-state index contributed by atoms with van der Waals surface area (Å²) in [7, 11) is 0. The number of benzene rings is 1. The van der Waals surface area contributed by atoms with Crippen molar-refractivity contribution >= 4 is 17.1 Å². The minimum Gasteiger partial charge on any atom is -0.339 e. The number of rotatable bonds is 5. The molecule has 2 aromatic heterocycles. The Morgan fingerprint density at radius 3 is 2.96 bits per heavy atom. The van der Waals surface area contributed by atoms with E-state index in [1.165, 1.54) is 29.7 Å². The summed E-state index contributed by atoms with van der Waals surface area (Å²) in [5.41, 5.74) is 2.44. The summed E-state index contributed by atoms with van der Waals surface area (Å²) >= 11 is 1.47. The first-order valence-corrected chi connectivity index (χ1v) is 10.8. The summed E-state index contributed by atoms with van der Waals surface area (Å²) in [6.45, 7) is 2.74. The third kappa shape index (κ3) is 3.20. The van der Waals surface area contributed by atoms with Gasteiger partial charge < -0.3 is 4.52 Å². The number of thiophene rings is 1. The zero-order valence-corrected chi connectivity index (χ0v) is 16.7. The van der Waals surface area contributed by atoms with Crippen LogP contribution < -0.4 is 0 Å². The monoisotopic (exact) mass is 393 g/mol. The highest BCUT2D eigenvalue weighted by Crippen LogP contribution is 2.48. The van der Waals surface area contributed by atoms with Gasteiger partial charge in [-0.05, 0) is 55.3 Å². The van der Waals surface area contributed by atoms with Crippen molar-refractivity contribution < 1.29 is 9.32 Å². The van der Waals surface area contributed by atoms with Gasteiger partial charge in [-0.2, -0.15) is 4.98 Å². The Balaban J connectivity index is 1.35. The maximum atomic E-state index is 11.5. The van der Waals surface area contributed by atoms with Crippen molar-refractivity contribution in [1.29, 1.82) is 0 Å². The van der Waals surface area contributed by atoms with Gasteiger partial charge in [-0.25, -0.2) is 0 Å². The van der Waals surface area contributed by atoms with E-state index in [9.17, 15) is 4.79 Å². The molecule has 2 aliphatic rings. The third-order valence-electron chi connectivity index (χ3n) is 6.04. The van der Waals surface area contributed by atoms with Crippen LogP contribution in [-0.2, 0) is 6.42 Å². The maximum Gasteiger partial charge on any atom is 0.231 e. The molecule has 2 saturated heterocycles. The largest absolute Gasteiger partial charge is 0.339 e. The Bertz CT molecular complexity index is 981. The van der Waals surface area contributed by atoms with E-state index in [1.807, 2.05) is 11.4 Å². The van der Waals surface area contributed by atoms with Gasteiger partial charge in [0.2, 0.25) is 5.89 Å². The lowest BCUT2D eigenvalue weighted by atomic mass is 9.94. The maximum absolute atomic E-state index is 11.5. The smallest absolute Gasteiger partial charge is 0.231 e. The van der Waals surface area contributed by atoms with Gasteiger partial charge in [0.05, 0.1) is 11.3 Å². The Hall–Kier alpha value is -2.31. The summed E-state index contributed by atoms with van der Waals surface area (Å²) in [5, 5.41) is 6.35. The number of Topliss-reactive ketones (excluding diaryl/α,β-unsaturated/α-hetero) is 1. The molecule has 6 heteroatoms. The van der Waals surface area contributed by atoms with Gasteiger partial charge in [0.1, 0.15) is 0 Å². The number of ketones is 1. The molecule has 0 unspecified atom stereocenters. The molecule has 0 aliphatic carbocycles. The average Bonchev–Trinajstić information content (AvgIpc) is 3.47. The number of hydrogen-bond acceptors (Lipinski definition) is 6. The molecule has 4 heterocycles. The van der Waals surface area contributed by atoms with Crippen molar-refractivity contribution in [3.63, 3.8) is 0 Å². The molecule has 0 radical (unpaired) electrons. The quantitative estimate of drug-likeness (QED) is 0.592. The first kappa shape index (κ1) is 17.8. The van der Waals surface area contributed by atoms with E-state index in [0.717, 1.165) is 29.2 Å². The van der Waals surface area contributed by atoms with E-state index in [-0.39, 0.29) is 5.78 Å². The molecule has 2 fully saturated rings. The first-order valence-electron chi connectivity index (χ1n) is 9.90. The lowest BCUT2D eigenvalue weighted by Crippen LogP contribution is -2.27. The van der Waals surface area contributed by atoms with E-state index >= 15 is 0 Å². The first-order chi connectivity index (χ1) is 13.7. The zero-order chi connectivity index (χ0) is 19.1. The molecule has 5 nitrogen and oxygen atoms in total. The molecule has 1 aromatic carbocycles. The SMILES string of the molecule is CC(=O)c1cc(Cc2nc([C@@H]3C[C@H](c4ccccc4)N4CCC[C@@H]34)no2)cs1. The second kappa shape index (κ2) is 7.26. The minimum absolute atomic E-state index is 0.0988. The van der Waals surface area contributed by atoms with Crippen LogP contribution in [0, 0.1) is 0 Å². The second-order valence-corrected chi connectivity index (χ2v) is 8.73. The van der Waals surface area contributed by atoms with Crippen molar-refractivity contribution in [2.24, 2.45) is 0 Å². The molecule has 3 aromatic rings. The molecule has 28 heavy (non-hydrogen) atoms. The molecular weight excluding hydrogens is 370 g/mol. The van der Waals surface area contributed by atoms with Gasteiger partial charge in [0.15, 0.2) is 11.6 Å². The van der Waals surface area contributed by atoms with Gasteiger partial charge in [-0.1, -0.05) is 35.5 Å². The lowest BCUT2D eigenvalue weighted by Gasteiger charge is -2.24. The van der Waals surface area contributed by atoms with Crippen LogP contribution in [0.4, 0.5) is 0 Å². The number of aromatic nitrogens is 2. The van der Waals surface area contributed by atoms with E-state index in [4.69, 9.17) is 9.51 Å². The van der Waals surface area contributed by atoms with Crippen LogP contribution in [0.5, 0.6) is 0 Å². The molecule has 3 atom stereocenters. The third-order valence-corrected chi connectivity index (χ3v) is 7.12. The number of carbonyl (C=O) groups excluding carboxylic acids is 1. The topological polar surface area (TPSA) is 59.2 Å². The highest BCUT2D eigenvalue weighted by molar-refractivity contribution is 7.12. The van der Waals surface area contributed by atoms with Crippen molar-refractivity contribution in [1.82, 2.24) is 15.0 Å². The highest BCUT2D eigenvalue weighted by Gasteiger charge is 2.46. The molecule has 0 saturated carbocycles. The molecule has 144 valence electrons. The van der Waals surface area contributed by atoms with Gasteiger partial charge in [0, 0.05) is 18.0 Å². The Morgan fingerprint density at radius 2 is 2.18 bits per heavy atom. The predicted octanol–water partition coefficient (Wildman–Crippen LogP) is 4.62. The van der Waals surface area contributed by atoms with Gasteiger partial charge >= 0.3 is 0 Å². The normalized spacial score (nSPS) is 24.5. The van der Waals surface area contributed by atoms with E-state index in [0.29, 0.717) is 30.3 Å². The van der Waals surface area contributed by atoms with Crippen LogP contribution in [-0.4, -0.2) is 33.4 Å². The van der Waals surface area contributed by atoms with Crippen LogP contribution in [0.3, 0.4) is 0 Å². The molecule has 0 bridgehead atoms. The molecular formula is C22H23N3O2S. The number of carbonyl (C=O) groups is 1. The Morgan fingerprint density at radius 1 is 1.32 bits per heavy atom. The summed E-state index contributed by atoms with van der Waals surface area (Å²) in [6, 6.07) is 13.6. The Kier molecular flexibility index (Phi) is 4.61. The van der Waals surface area contributed by atoms with Gasteiger partial charge in [-0.15, -0.1) is 11.3 Å². The fourth-order valence-corrected chi connectivity index (χ4v) is 5.58. The fourth-order valence-electron chi connectivity index (χ4n) is 4.77. The molecule has 2 aliphatic heterocycles. The highest BCUT2D eigenvalue weighted by atomic mass is 32.1. The fraction of sp³-hybridized carbons (Fsp3) is 0.409. The van der Waals surface area contributed by atoms with Crippen molar-refractivity contribution in [3.05, 3.63) is 69.5 Å². The van der Waals surface area contributed by atoms with Gasteiger partial charge in [0.25, 0.3) is 0 Å². The van der Waals surface area contributed by atoms with Gasteiger partial charge in [-0.3, -0.25) is 9.69 Å². The summed E-state index contributed by atoms with van der Waals surface area (Å²) in [6.07, 6.45) is 4.06. The van der Waals surface area contributed by atoms with E-state index < -0.39 is 0 Å². The van der Waals surface area contributed by atoms with E-state index in [1.54, 1.807) is 6.92 Å². The van der Waals surface area contributed by atoms with Crippen LogP contribution >= 0.6 is 11.3 Å². The van der Waals surface area contributed by atoms with Crippen molar-refractivity contribution in [2.45, 2.75) is 50.6 Å². The average molecular weight is 394 g/mol. The predicted molar refractivity (Wildman–Crippen MR) is 108 cm³/mol. The van der Waals surface area contributed by atoms with Crippen molar-refractivity contribution in [3.8, 4) is 0 Å². The summed E-state index contributed by atoms with van der Waals surface area (Å²) in [4.78, 5) is 19.7. The number of hydrogen-bond donors (Lipinski definition) is 0. The lowest BCUT2D eigenvalue weighted by molar-refractivity contribution is 0.102. The zero-order valence-electron chi connectivity index (χ0n) is 15.9. The van der Waals surface area contributed by atoms with Crippen LogP contribution in [0.1, 0.15) is 70.7 Å². The van der Waals surface area contributed by atoms with Crippen molar-refractivity contribution in [2.75, 3.05) is 6.54 Å². The Labute approximate surface area is 168 Å². The van der Waals surface area contributed by atoms with E-state index in [2.05, 4.69) is 40.4 Å². The molecule has 5 rings (SSSR count). The van der Waals surface area contributed by atoms with Crippen LogP contribution in [0.2, 0.25) is 0 Å². The summed E-state index contributed by atoms with van der Waals surface area (Å²) in [5.74, 6) is 1.89. The second-order valence-electron chi connectivity index (χ2n) is 7.81. The van der Waals surface area contributed by atoms with Crippen LogP contribution in [0.25, 0.3) is 0 Å². The molecule has 0 N–H and O–H groups in total. The molecule has 0 spiro atoms.